The molecular formula is C14H13FN2O5. The number of carboxylic acid groups (broad SMARTS) is 1. The molecule has 1 aromatic rings. The second kappa shape index (κ2) is 6.33. The van der Waals surface area contributed by atoms with Crippen molar-refractivity contribution in [2.75, 3.05) is 6.67 Å². The molecule has 7 nitrogen and oxygen atoms in total. The second-order valence-corrected chi connectivity index (χ2v) is 4.62. The van der Waals surface area contributed by atoms with Gasteiger partial charge in [-0.1, -0.05) is 18.2 Å². The molecule has 0 saturated carbocycles. The topological polar surface area (TPSA) is 95.0 Å². The highest BCUT2D eigenvalue weighted by atomic mass is 19.1. The summed E-state index contributed by atoms with van der Waals surface area (Å²) in [5.74, 6) is -4.02. The standard InChI is InChI=1S/C14H13FN2O5/c15-8-10(14(21)22)16(17-11(18)6-7-12(17)19)13(20)9-4-2-1-3-5-9/h1-5,10H,6-8H2,(H,21,22). The predicted molar refractivity (Wildman–Crippen MR) is 71.1 cm³/mol. The average Bonchev–Trinajstić information content (AvgIpc) is 2.84. The Bertz CT molecular complexity index is 603. The number of nitrogens with zero attached hydrogens (tertiary/aromatic N) is 2. The van der Waals surface area contributed by atoms with Crippen LogP contribution in [0.1, 0.15) is 23.2 Å². The van der Waals surface area contributed by atoms with Crippen LogP contribution in [0.25, 0.3) is 0 Å². The van der Waals surface area contributed by atoms with Gasteiger partial charge in [0.05, 0.1) is 0 Å². The molecule has 1 saturated heterocycles. The number of halogens is 1. The quantitative estimate of drug-likeness (QED) is 0.804. The van der Waals surface area contributed by atoms with Gasteiger partial charge in [0.25, 0.3) is 5.91 Å². The number of imide groups is 1. The van der Waals surface area contributed by atoms with Crippen LogP contribution in [0.15, 0.2) is 30.3 Å². The summed E-state index contributed by atoms with van der Waals surface area (Å²) in [6.07, 6.45) is -0.286. The van der Waals surface area contributed by atoms with Gasteiger partial charge < -0.3 is 5.11 Å². The number of rotatable bonds is 5. The van der Waals surface area contributed by atoms with Gasteiger partial charge in [-0.2, -0.15) is 5.01 Å². The van der Waals surface area contributed by atoms with Gasteiger partial charge in [-0.15, -0.1) is 0 Å². The summed E-state index contributed by atoms with van der Waals surface area (Å²) in [5.41, 5.74) is 0.0506. The van der Waals surface area contributed by atoms with Crippen LogP contribution in [0.3, 0.4) is 0 Å². The molecule has 3 amide bonds. The highest BCUT2D eigenvalue weighted by Gasteiger charge is 2.43. The number of amides is 3. The fourth-order valence-corrected chi connectivity index (χ4v) is 2.13. The van der Waals surface area contributed by atoms with Crippen LogP contribution in [0.2, 0.25) is 0 Å². The van der Waals surface area contributed by atoms with Gasteiger partial charge in [0.1, 0.15) is 6.67 Å². The zero-order valence-corrected chi connectivity index (χ0v) is 11.4. The van der Waals surface area contributed by atoms with Crippen LogP contribution in [-0.2, 0) is 14.4 Å². The van der Waals surface area contributed by atoms with Gasteiger partial charge in [-0.3, -0.25) is 14.4 Å². The fraction of sp³-hybridized carbons (Fsp3) is 0.286. The molecule has 1 N–H and O–H groups in total. The van der Waals surface area contributed by atoms with Crippen LogP contribution in [0, 0.1) is 0 Å². The van der Waals surface area contributed by atoms with Crippen molar-refractivity contribution < 1.29 is 28.7 Å². The average molecular weight is 308 g/mol. The van der Waals surface area contributed by atoms with E-state index in [-0.39, 0.29) is 18.4 Å². The lowest BCUT2D eigenvalue weighted by atomic mass is 10.2. The maximum absolute atomic E-state index is 13.1. The number of hydrazine groups is 1. The van der Waals surface area contributed by atoms with Gasteiger partial charge in [0.15, 0.2) is 6.04 Å². The third-order valence-electron chi connectivity index (χ3n) is 3.20. The first-order valence-corrected chi connectivity index (χ1v) is 6.50. The van der Waals surface area contributed by atoms with E-state index < -0.39 is 36.4 Å². The predicted octanol–water partition coefficient (Wildman–Crippen LogP) is 0.616. The SMILES string of the molecule is O=C(O)C(CF)N(C(=O)c1ccccc1)N1C(=O)CCC1=O. The Morgan fingerprint density at radius 2 is 1.73 bits per heavy atom. The Morgan fingerprint density at radius 1 is 1.18 bits per heavy atom. The molecule has 116 valence electrons. The Kier molecular flexibility index (Phi) is 4.50. The summed E-state index contributed by atoms with van der Waals surface area (Å²) in [6.45, 7) is -1.43. The number of carbonyl (C=O) groups is 4. The maximum atomic E-state index is 13.1. The van der Waals surface area contributed by atoms with Gasteiger partial charge in [0.2, 0.25) is 11.8 Å². The lowest BCUT2D eigenvalue weighted by Crippen LogP contribution is -2.57. The van der Waals surface area contributed by atoms with Crippen molar-refractivity contribution in [1.29, 1.82) is 0 Å². The van der Waals surface area contributed by atoms with Crippen molar-refractivity contribution in [3.63, 3.8) is 0 Å². The smallest absolute Gasteiger partial charge is 0.331 e. The normalized spacial score (nSPS) is 15.8. The third kappa shape index (κ3) is 2.80. The van der Waals surface area contributed by atoms with Crippen molar-refractivity contribution >= 4 is 23.7 Å². The van der Waals surface area contributed by atoms with E-state index in [1.165, 1.54) is 24.3 Å². The van der Waals surface area contributed by atoms with Crippen molar-refractivity contribution in [2.45, 2.75) is 18.9 Å². The van der Waals surface area contributed by atoms with Crippen LogP contribution >= 0.6 is 0 Å². The number of benzene rings is 1. The molecule has 1 aliphatic rings. The Morgan fingerprint density at radius 3 is 2.18 bits per heavy atom. The third-order valence-corrected chi connectivity index (χ3v) is 3.20. The monoisotopic (exact) mass is 308 g/mol. The lowest BCUT2D eigenvalue weighted by molar-refractivity contribution is -0.163. The van der Waals surface area contributed by atoms with Gasteiger partial charge in [-0.05, 0) is 12.1 Å². The summed E-state index contributed by atoms with van der Waals surface area (Å²) in [7, 11) is 0. The van der Waals surface area contributed by atoms with Crippen LogP contribution in [0.4, 0.5) is 4.39 Å². The molecule has 1 aromatic carbocycles. The van der Waals surface area contributed by atoms with E-state index in [9.17, 15) is 23.6 Å². The lowest BCUT2D eigenvalue weighted by Gasteiger charge is -2.33. The second-order valence-electron chi connectivity index (χ2n) is 4.62. The van der Waals surface area contributed by atoms with E-state index in [1.54, 1.807) is 6.07 Å². The van der Waals surface area contributed by atoms with Gasteiger partial charge in [0, 0.05) is 18.4 Å². The highest BCUT2D eigenvalue weighted by Crippen LogP contribution is 2.20. The number of hydrogen-bond acceptors (Lipinski definition) is 4. The zero-order chi connectivity index (χ0) is 16.3. The summed E-state index contributed by atoms with van der Waals surface area (Å²) in [4.78, 5) is 47.3. The molecule has 2 rings (SSSR count). The van der Waals surface area contributed by atoms with E-state index in [0.717, 1.165) is 0 Å². The minimum Gasteiger partial charge on any atom is -0.480 e. The van der Waals surface area contributed by atoms with E-state index in [2.05, 4.69) is 0 Å². The number of carboxylic acids is 1. The van der Waals surface area contributed by atoms with Gasteiger partial charge in [-0.25, -0.2) is 14.2 Å². The van der Waals surface area contributed by atoms with Crippen LogP contribution in [0.5, 0.6) is 0 Å². The zero-order valence-electron chi connectivity index (χ0n) is 11.4. The van der Waals surface area contributed by atoms with E-state index >= 15 is 0 Å². The summed E-state index contributed by atoms with van der Waals surface area (Å²) in [5, 5.41) is 9.93. The van der Waals surface area contributed by atoms with Crippen molar-refractivity contribution in [3.05, 3.63) is 35.9 Å². The number of carbonyl (C=O) groups excluding carboxylic acids is 3. The molecule has 0 bridgehead atoms. The molecule has 1 fully saturated rings. The fourth-order valence-electron chi connectivity index (χ4n) is 2.13. The molecule has 1 atom stereocenters. The first-order valence-electron chi connectivity index (χ1n) is 6.50. The van der Waals surface area contributed by atoms with Crippen molar-refractivity contribution in [1.82, 2.24) is 10.0 Å². The molecule has 0 radical (unpaired) electrons. The molecule has 0 aromatic heterocycles. The summed E-state index contributed by atoms with van der Waals surface area (Å²) >= 11 is 0. The molecule has 1 aliphatic heterocycles. The largest absolute Gasteiger partial charge is 0.480 e. The first kappa shape index (κ1) is 15.6. The van der Waals surface area contributed by atoms with E-state index in [4.69, 9.17) is 5.11 Å². The molecule has 1 heterocycles. The number of hydrogen-bond donors (Lipinski definition) is 1. The van der Waals surface area contributed by atoms with Crippen molar-refractivity contribution in [3.8, 4) is 0 Å². The number of alkyl halides is 1. The van der Waals surface area contributed by atoms with E-state index in [0.29, 0.717) is 10.0 Å². The molecule has 0 aliphatic carbocycles. The van der Waals surface area contributed by atoms with Crippen LogP contribution < -0.4 is 0 Å². The molecule has 1 unspecified atom stereocenters. The van der Waals surface area contributed by atoms with Crippen LogP contribution in [-0.4, -0.2) is 51.5 Å². The molecular weight excluding hydrogens is 295 g/mol. The Hall–Kier alpha value is -2.77. The number of aliphatic carboxylic acids is 1. The minimum atomic E-state index is -1.95. The molecule has 22 heavy (non-hydrogen) atoms. The Labute approximate surface area is 124 Å². The van der Waals surface area contributed by atoms with Crippen molar-refractivity contribution in [2.24, 2.45) is 0 Å². The first-order chi connectivity index (χ1) is 10.5. The summed E-state index contributed by atoms with van der Waals surface area (Å²) in [6, 6.07) is 5.53. The Balaban J connectivity index is 2.46. The van der Waals surface area contributed by atoms with Gasteiger partial charge >= 0.3 is 5.97 Å². The minimum absolute atomic E-state index is 0.0506. The summed E-state index contributed by atoms with van der Waals surface area (Å²) < 4.78 is 13.1. The molecule has 8 heteroatoms. The maximum Gasteiger partial charge on any atom is 0.331 e. The molecule has 0 spiro atoms. The van der Waals surface area contributed by atoms with E-state index in [1.807, 2.05) is 0 Å². The highest BCUT2D eigenvalue weighted by molar-refractivity contribution is 6.06.